The molecule has 0 bridgehead atoms. The molecule has 0 saturated carbocycles. The molecule has 0 aromatic heterocycles. The highest BCUT2D eigenvalue weighted by Crippen LogP contribution is 2.30. The van der Waals surface area contributed by atoms with Crippen LogP contribution in [-0.4, -0.2) is 42.8 Å². The van der Waals surface area contributed by atoms with Crippen LogP contribution in [0.1, 0.15) is 0 Å². The Morgan fingerprint density at radius 1 is 1.25 bits per heavy atom. The Hall–Kier alpha value is -1.35. The number of primary amides is 1. The summed E-state index contributed by atoms with van der Waals surface area (Å²) in [6.07, 6.45) is 0. The molecule has 1 amide bonds. The van der Waals surface area contributed by atoms with Crippen molar-refractivity contribution in [3.05, 3.63) is 28.2 Å². The number of halogens is 2. The molecule has 1 aromatic rings. The standard InChI is InChI=1S/C10H10Cl2N2O5S/c11-6-2-1-3-7(10(6)12)20(18,19)14(4-8(13)15)5-9(16)17/h1-3H,4-5H2,(H2,13,15)(H,16,17). The predicted molar refractivity (Wildman–Crippen MR) is 72.1 cm³/mol. The molecular weight excluding hydrogens is 331 g/mol. The zero-order chi connectivity index (χ0) is 15.5. The van der Waals surface area contributed by atoms with Crippen molar-refractivity contribution in [2.45, 2.75) is 4.90 Å². The number of rotatable bonds is 6. The first-order valence-electron chi connectivity index (χ1n) is 5.10. The van der Waals surface area contributed by atoms with Gasteiger partial charge in [0.15, 0.2) is 0 Å². The van der Waals surface area contributed by atoms with Gasteiger partial charge in [0.25, 0.3) is 0 Å². The number of hydrogen-bond donors (Lipinski definition) is 2. The zero-order valence-electron chi connectivity index (χ0n) is 9.92. The van der Waals surface area contributed by atoms with Gasteiger partial charge in [0.1, 0.15) is 11.4 Å². The van der Waals surface area contributed by atoms with Gasteiger partial charge in [0, 0.05) is 0 Å². The van der Waals surface area contributed by atoms with E-state index in [-0.39, 0.29) is 10.0 Å². The third kappa shape index (κ3) is 3.83. The van der Waals surface area contributed by atoms with Crippen LogP contribution in [0.2, 0.25) is 10.0 Å². The highest BCUT2D eigenvalue weighted by molar-refractivity contribution is 7.89. The van der Waals surface area contributed by atoms with Crippen molar-refractivity contribution >= 4 is 45.1 Å². The molecule has 0 unspecified atom stereocenters. The second-order valence-electron chi connectivity index (χ2n) is 3.69. The van der Waals surface area contributed by atoms with Gasteiger partial charge in [-0.2, -0.15) is 4.31 Å². The fraction of sp³-hybridized carbons (Fsp3) is 0.200. The van der Waals surface area contributed by atoms with Crippen LogP contribution in [0.4, 0.5) is 0 Å². The van der Waals surface area contributed by atoms with Gasteiger partial charge in [0.2, 0.25) is 15.9 Å². The first-order chi connectivity index (χ1) is 9.16. The molecule has 0 saturated heterocycles. The molecule has 0 spiro atoms. The minimum absolute atomic E-state index is 0.0120. The fourth-order valence-electron chi connectivity index (χ4n) is 1.37. The molecule has 20 heavy (non-hydrogen) atoms. The average Bonchev–Trinajstić information content (AvgIpc) is 2.30. The maximum atomic E-state index is 12.3. The number of hydrogen-bond acceptors (Lipinski definition) is 4. The lowest BCUT2D eigenvalue weighted by atomic mass is 10.4. The van der Waals surface area contributed by atoms with Crippen molar-refractivity contribution in [2.24, 2.45) is 5.73 Å². The van der Waals surface area contributed by atoms with Crippen molar-refractivity contribution in [1.82, 2.24) is 4.31 Å². The summed E-state index contributed by atoms with van der Waals surface area (Å²) in [5.41, 5.74) is 4.91. The maximum Gasteiger partial charge on any atom is 0.318 e. The number of carboxylic acid groups (broad SMARTS) is 1. The number of benzene rings is 1. The number of amides is 1. The van der Waals surface area contributed by atoms with Crippen LogP contribution in [0, 0.1) is 0 Å². The van der Waals surface area contributed by atoms with Gasteiger partial charge in [0.05, 0.1) is 16.6 Å². The first-order valence-corrected chi connectivity index (χ1v) is 7.30. The maximum absolute atomic E-state index is 12.3. The summed E-state index contributed by atoms with van der Waals surface area (Å²) in [6.45, 7) is -1.70. The quantitative estimate of drug-likeness (QED) is 0.784. The van der Waals surface area contributed by atoms with Crippen LogP contribution in [0.25, 0.3) is 0 Å². The number of nitrogens with zero attached hydrogens (tertiary/aromatic N) is 1. The Labute approximate surface area is 124 Å². The number of carbonyl (C=O) groups excluding carboxylic acids is 1. The van der Waals surface area contributed by atoms with E-state index in [1.165, 1.54) is 12.1 Å². The summed E-state index contributed by atoms with van der Waals surface area (Å²) >= 11 is 11.5. The lowest BCUT2D eigenvalue weighted by molar-refractivity contribution is -0.137. The van der Waals surface area contributed by atoms with Crippen LogP contribution in [-0.2, 0) is 19.6 Å². The van der Waals surface area contributed by atoms with Gasteiger partial charge in [-0.1, -0.05) is 29.3 Å². The Morgan fingerprint density at radius 2 is 1.85 bits per heavy atom. The summed E-state index contributed by atoms with van der Waals surface area (Å²) in [6, 6.07) is 3.86. The van der Waals surface area contributed by atoms with Crippen molar-refractivity contribution in [2.75, 3.05) is 13.1 Å². The third-order valence-electron chi connectivity index (χ3n) is 2.18. The van der Waals surface area contributed by atoms with Gasteiger partial charge in [-0.05, 0) is 12.1 Å². The third-order valence-corrected chi connectivity index (χ3v) is 4.94. The summed E-state index contributed by atoms with van der Waals surface area (Å²) in [7, 11) is -4.31. The first kappa shape index (κ1) is 16.7. The van der Waals surface area contributed by atoms with Gasteiger partial charge in [-0.15, -0.1) is 0 Å². The molecule has 0 fully saturated rings. The fourth-order valence-corrected chi connectivity index (χ4v) is 3.46. The minimum atomic E-state index is -4.31. The van der Waals surface area contributed by atoms with Crippen LogP contribution >= 0.6 is 23.2 Å². The number of nitrogens with two attached hydrogens (primary N) is 1. The number of sulfonamides is 1. The van der Waals surface area contributed by atoms with Crippen molar-refractivity contribution in [1.29, 1.82) is 0 Å². The molecule has 110 valence electrons. The average molecular weight is 341 g/mol. The van der Waals surface area contributed by atoms with E-state index in [2.05, 4.69) is 0 Å². The van der Waals surface area contributed by atoms with E-state index in [9.17, 15) is 18.0 Å². The molecule has 7 nitrogen and oxygen atoms in total. The molecule has 0 radical (unpaired) electrons. The predicted octanol–water partition coefficient (Wildman–Crippen LogP) is 0.554. The van der Waals surface area contributed by atoms with E-state index in [1.54, 1.807) is 0 Å². The molecule has 0 aliphatic carbocycles. The molecule has 1 rings (SSSR count). The van der Waals surface area contributed by atoms with E-state index in [1.807, 2.05) is 0 Å². The van der Waals surface area contributed by atoms with Gasteiger partial charge < -0.3 is 10.8 Å². The molecule has 10 heteroatoms. The van der Waals surface area contributed by atoms with E-state index < -0.39 is 39.9 Å². The van der Waals surface area contributed by atoms with Crippen LogP contribution in [0.5, 0.6) is 0 Å². The van der Waals surface area contributed by atoms with Gasteiger partial charge in [-0.25, -0.2) is 8.42 Å². The normalized spacial score (nSPS) is 11.6. The highest BCUT2D eigenvalue weighted by atomic mass is 35.5. The molecule has 0 atom stereocenters. The monoisotopic (exact) mass is 340 g/mol. The van der Waals surface area contributed by atoms with Crippen molar-refractivity contribution in [3.8, 4) is 0 Å². The van der Waals surface area contributed by atoms with E-state index in [4.69, 9.17) is 34.0 Å². The van der Waals surface area contributed by atoms with E-state index >= 15 is 0 Å². The van der Waals surface area contributed by atoms with Crippen molar-refractivity contribution in [3.63, 3.8) is 0 Å². The summed E-state index contributed by atoms with van der Waals surface area (Å²) < 4.78 is 25.0. The van der Waals surface area contributed by atoms with E-state index in [0.29, 0.717) is 4.31 Å². The molecule has 0 heterocycles. The van der Waals surface area contributed by atoms with Crippen molar-refractivity contribution < 1.29 is 23.1 Å². The number of carbonyl (C=O) groups is 2. The molecule has 3 N–H and O–H groups in total. The van der Waals surface area contributed by atoms with E-state index in [0.717, 1.165) is 6.07 Å². The molecule has 0 aliphatic heterocycles. The second kappa shape index (κ2) is 6.40. The number of aliphatic carboxylic acids is 1. The number of carboxylic acids is 1. The minimum Gasteiger partial charge on any atom is -0.480 e. The lowest BCUT2D eigenvalue weighted by Crippen LogP contribution is -2.41. The van der Waals surface area contributed by atoms with Gasteiger partial charge >= 0.3 is 5.97 Å². The summed E-state index contributed by atoms with van der Waals surface area (Å²) in [4.78, 5) is 21.2. The van der Waals surface area contributed by atoms with Gasteiger partial charge in [-0.3, -0.25) is 9.59 Å². The second-order valence-corrected chi connectivity index (χ2v) is 6.38. The molecular formula is C10H10Cl2N2O5S. The Morgan fingerprint density at radius 3 is 2.35 bits per heavy atom. The Kier molecular flexibility index (Phi) is 5.35. The molecule has 0 aliphatic rings. The summed E-state index contributed by atoms with van der Waals surface area (Å²) in [5, 5.41) is 8.45. The zero-order valence-corrected chi connectivity index (χ0v) is 12.2. The highest BCUT2D eigenvalue weighted by Gasteiger charge is 2.30. The van der Waals surface area contributed by atoms with Crippen LogP contribution < -0.4 is 5.73 Å². The SMILES string of the molecule is NC(=O)CN(CC(=O)O)S(=O)(=O)c1cccc(Cl)c1Cl. The lowest BCUT2D eigenvalue weighted by Gasteiger charge is -2.19. The largest absolute Gasteiger partial charge is 0.480 e. The Balaban J connectivity index is 3.32. The molecule has 1 aromatic carbocycles. The van der Waals surface area contributed by atoms with Crippen LogP contribution in [0.3, 0.4) is 0 Å². The van der Waals surface area contributed by atoms with Crippen LogP contribution in [0.15, 0.2) is 23.1 Å². The summed E-state index contributed by atoms with van der Waals surface area (Å²) in [5.74, 6) is -2.43. The smallest absolute Gasteiger partial charge is 0.318 e. The topological polar surface area (TPSA) is 118 Å². The Bertz CT molecular complexity index is 631.